The summed E-state index contributed by atoms with van der Waals surface area (Å²) in [4.78, 5) is 3.51. The molecule has 0 fully saturated rings. The maximum atomic E-state index is 7.12. The van der Waals surface area contributed by atoms with E-state index in [-0.39, 0.29) is 0 Å². The Hall–Kier alpha value is -2.60. The van der Waals surface area contributed by atoms with Gasteiger partial charge >= 0.3 is 0 Å². The first kappa shape index (κ1) is 11.2. The molecule has 96 valence electrons. The van der Waals surface area contributed by atoms with E-state index in [1.165, 1.54) is 27.9 Å². The summed E-state index contributed by atoms with van der Waals surface area (Å²) >= 11 is 0. The van der Waals surface area contributed by atoms with Crippen LogP contribution in [0, 0.1) is 20.4 Å². The molecule has 1 aliphatic rings. The zero-order chi connectivity index (χ0) is 13.9. The van der Waals surface area contributed by atoms with Crippen LogP contribution in [-0.2, 0) is 6.54 Å². The minimum atomic E-state index is 0.697. The molecule has 2 heterocycles. The highest BCUT2D eigenvalue weighted by molar-refractivity contribution is 5.83. The molecule has 20 heavy (non-hydrogen) atoms. The summed E-state index contributed by atoms with van der Waals surface area (Å²) < 4.78 is 4.50. The number of rotatable bonds is 0. The molecule has 2 aromatic carbocycles. The van der Waals surface area contributed by atoms with E-state index in [0.29, 0.717) is 5.69 Å². The van der Waals surface area contributed by atoms with Crippen LogP contribution in [0.4, 0.5) is 5.69 Å². The monoisotopic (exact) mass is 260 g/mol. The van der Waals surface area contributed by atoms with E-state index in [9.17, 15) is 0 Å². The Morgan fingerprint density at radius 3 is 2.85 bits per heavy atom. The molecule has 3 aromatic rings. The highest BCUT2D eigenvalue weighted by Gasteiger charge is 2.29. The lowest BCUT2D eigenvalue weighted by Crippen LogP contribution is -2.36. The van der Waals surface area contributed by atoms with Crippen LogP contribution in [-0.4, -0.2) is 4.68 Å². The predicted octanol–water partition coefficient (Wildman–Crippen LogP) is 3.45. The van der Waals surface area contributed by atoms with Crippen molar-refractivity contribution in [2.45, 2.75) is 20.4 Å². The van der Waals surface area contributed by atoms with Crippen molar-refractivity contribution in [1.29, 1.82) is 0 Å². The maximum absolute atomic E-state index is 7.12. The summed E-state index contributed by atoms with van der Waals surface area (Å²) in [6.45, 7) is 12.3. The summed E-state index contributed by atoms with van der Waals surface area (Å²) in [5, 5.41) is 1.13. The van der Waals surface area contributed by atoms with E-state index in [2.05, 4.69) is 46.4 Å². The Balaban J connectivity index is 2.07. The molecule has 0 saturated heterocycles. The van der Waals surface area contributed by atoms with E-state index < -0.39 is 0 Å². The Bertz CT molecular complexity index is 910. The van der Waals surface area contributed by atoms with Gasteiger partial charge in [0.2, 0.25) is 6.20 Å². The third kappa shape index (κ3) is 1.36. The molecule has 0 amide bonds. The van der Waals surface area contributed by atoms with Crippen molar-refractivity contribution in [2.24, 2.45) is 0 Å². The lowest BCUT2D eigenvalue weighted by molar-refractivity contribution is -0.749. The van der Waals surface area contributed by atoms with Crippen molar-refractivity contribution >= 4 is 16.6 Å². The van der Waals surface area contributed by atoms with E-state index in [0.717, 1.165) is 11.9 Å². The van der Waals surface area contributed by atoms with Crippen molar-refractivity contribution in [3.8, 4) is 5.69 Å². The first-order valence-electron chi connectivity index (χ1n) is 6.70. The molecule has 0 atom stereocenters. The summed E-state index contributed by atoms with van der Waals surface area (Å²) in [7, 11) is 0. The Morgan fingerprint density at radius 2 is 2.05 bits per heavy atom. The fourth-order valence-electron chi connectivity index (χ4n) is 3.28. The SMILES string of the molecule is [C-]#[N+]c1ccc2c(c1)c[n+]1n2-c2c(C)cc(C)cc2C1. The molecule has 3 nitrogen and oxygen atoms in total. The van der Waals surface area contributed by atoms with Gasteiger partial charge in [0, 0.05) is 5.56 Å². The zero-order valence-electron chi connectivity index (χ0n) is 11.5. The molecule has 1 aliphatic heterocycles. The van der Waals surface area contributed by atoms with Crippen molar-refractivity contribution < 1.29 is 4.68 Å². The van der Waals surface area contributed by atoms with Crippen LogP contribution in [0.5, 0.6) is 0 Å². The normalized spacial score (nSPS) is 12.2. The topological polar surface area (TPSA) is 13.2 Å². The molecule has 0 saturated carbocycles. The molecule has 0 bridgehead atoms. The summed E-state index contributed by atoms with van der Waals surface area (Å²) in [6.07, 6.45) is 2.14. The first-order chi connectivity index (χ1) is 9.67. The van der Waals surface area contributed by atoms with Crippen LogP contribution in [0.1, 0.15) is 16.7 Å². The summed E-state index contributed by atoms with van der Waals surface area (Å²) in [5.41, 5.74) is 7.15. The lowest BCUT2D eigenvalue weighted by atomic mass is 10.0. The van der Waals surface area contributed by atoms with Crippen LogP contribution < -0.4 is 4.68 Å². The number of hydrogen-bond donors (Lipinski definition) is 0. The van der Waals surface area contributed by atoms with Crippen LogP contribution in [0.25, 0.3) is 21.4 Å². The minimum absolute atomic E-state index is 0.697. The van der Waals surface area contributed by atoms with Gasteiger partial charge in [-0.15, -0.1) is 9.36 Å². The van der Waals surface area contributed by atoms with Gasteiger partial charge in [-0.3, -0.25) is 0 Å². The number of aryl methyl sites for hydroxylation is 2. The summed E-state index contributed by atoms with van der Waals surface area (Å²) in [5.74, 6) is 0. The van der Waals surface area contributed by atoms with E-state index >= 15 is 0 Å². The van der Waals surface area contributed by atoms with Gasteiger partial charge < -0.3 is 0 Å². The Labute approximate surface area is 117 Å². The number of hydrogen-bond acceptors (Lipinski definition) is 0. The minimum Gasteiger partial charge on any atom is -0.238 e. The van der Waals surface area contributed by atoms with Crippen LogP contribution in [0.2, 0.25) is 0 Å². The molecule has 0 unspecified atom stereocenters. The van der Waals surface area contributed by atoms with Crippen molar-refractivity contribution in [3.63, 3.8) is 0 Å². The Morgan fingerprint density at radius 1 is 1.20 bits per heavy atom. The van der Waals surface area contributed by atoms with E-state index in [4.69, 9.17) is 6.57 Å². The summed E-state index contributed by atoms with van der Waals surface area (Å²) in [6, 6.07) is 10.4. The molecule has 0 radical (unpaired) electrons. The van der Waals surface area contributed by atoms with Crippen molar-refractivity contribution in [1.82, 2.24) is 4.68 Å². The van der Waals surface area contributed by atoms with Crippen molar-refractivity contribution in [3.05, 3.63) is 64.6 Å². The van der Waals surface area contributed by atoms with E-state index in [1.807, 2.05) is 18.2 Å². The second kappa shape index (κ2) is 3.71. The quantitative estimate of drug-likeness (QED) is 0.339. The van der Waals surface area contributed by atoms with Gasteiger partial charge in [0.15, 0.2) is 12.2 Å². The van der Waals surface area contributed by atoms with Crippen molar-refractivity contribution in [2.75, 3.05) is 0 Å². The van der Waals surface area contributed by atoms with E-state index in [1.54, 1.807) is 0 Å². The molecular formula is C17H14N3+. The average molecular weight is 260 g/mol. The zero-order valence-corrected chi connectivity index (χ0v) is 11.5. The van der Waals surface area contributed by atoms with Crippen LogP contribution in [0.15, 0.2) is 36.5 Å². The molecule has 4 rings (SSSR count). The average Bonchev–Trinajstić information content (AvgIpc) is 2.92. The van der Waals surface area contributed by atoms with Gasteiger partial charge in [0.25, 0.3) is 0 Å². The van der Waals surface area contributed by atoms with Crippen LogP contribution >= 0.6 is 0 Å². The fourth-order valence-corrected chi connectivity index (χ4v) is 3.28. The first-order valence-corrected chi connectivity index (χ1v) is 6.70. The molecule has 1 aromatic heterocycles. The number of nitrogens with zero attached hydrogens (tertiary/aromatic N) is 3. The van der Waals surface area contributed by atoms with Gasteiger partial charge in [-0.1, -0.05) is 17.7 Å². The molecule has 0 aliphatic carbocycles. The molecular weight excluding hydrogens is 246 g/mol. The number of aromatic nitrogens is 2. The maximum Gasteiger partial charge on any atom is 0.203 e. The molecule has 3 heteroatoms. The third-order valence-corrected chi connectivity index (χ3v) is 3.98. The van der Waals surface area contributed by atoms with Gasteiger partial charge in [0.05, 0.1) is 12.0 Å². The Kier molecular flexibility index (Phi) is 2.08. The largest absolute Gasteiger partial charge is 0.238 e. The van der Waals surface area contributed by atoms with Gasteiger partial charge in [0.1, 0.15) is 11.2 Å². The highest BCUT2D eigenvalue weighted by Crippen LogP contribution is 2.30. The van der Waals surface area contributed by atoms with Gasteiger partial charge in [-0.25, -0.2) is 4.85 Å². The standard InChI is InChI=1S/C17H14N3/c1-11-6-12(2)17-14(7-11)10-19-9-13-8-15(18-3)4-5-16(13)20(17)19/h4-9H,10H2,1-2H3/q+1. The highest BCUT2D eigenvalue weighted by atomic mass is 15.4. The second-order valence-corrected chi connectivity index (χ2v) is 5.48. The number of benzene rings is 2. The predicted molar refractivity (Wildman–Crippen MR) is 78.3 cm³/mol. The van der Waals surface area contributed by atoms with Crippen LogP contribution in [0.3, 0.4) is 0 Å². The second-order valence-electron chi connectivity index (χ2n) is 5.48. The number of fused-ring (bicyclic) bond motifs is 5. The van der Waals surface area contributed by atoms with Gasteiger partial charge in [-0.05, 0) is 37.6 Å². The fraction of sp³-hybridized carbons (Fsp3) is 0.176. The molecule has 0 N–H and O–H groups in total. The van der Waals surface area contributed by atoms with Gasteiger partial charge in [-0.2, -0.15) is 0 Å². The molecule has 0 spiro atoms. The third-order valence-electron chi connectivity index (χ3n) is 3.98. The smallest absolute Gasteiger partial charge is 0.203 e. The lowest BCUT2D eigenvalue weighted by Gasteiger charge is -2.04.